The molecule has 0 radical (unpaired) electrons. The van der Waals surface area contributed by atoms with E-state index in [1.54, 1.807) is 12.1 Å². The van der Waals surface area contributed by atoms with Crippen molar-refractivity contribution in [3.63, 3.8) is 0 Å². The summed E-state index contributed by atoms with van der Waals surface area (Å²) in [5, 5.41) is 3.02. The summed E-state index contributed by atoms with van der Waals surface area (Å²) in [5.74, 6) is -0.692. The highest BCUT2D eigenvalue weighted by atomic mass is 35.5. The number of hydrogen-bond donors (Lipinski definition) is 1. The highest BCUT2D eigenvalue weighted by Gasteiger charge is 2.30. The molecule has 1 N–H and O–H groups in total. The maximum Gasteiger partial charge on any atom is 0.244 e. The topological polar surface area (TPSA) is 75.7 Å². The van der Waals surface area contributed by atoms with Crippen LogP contribution < -0.4 is 10.1 Å². The number of halogens is 1. The first-order valence-corrected chi connectivity index (χ1v) is 6.35. The number of ether oxygens (including phenoxy) is 1. The number of likely N-dealkylation sites (tertiary alicyclic amines) is 1. The van der Waals surface area contributed by atoms with E-state index in [1.165, 1.54) is 13.2 Å². The Morgan fingerprint density at radius 1 is 1.35 bits per heavy atom. The molecule has 0 bridgehead atoms. The lowest BCUT2D eigenvalue weighted by atomic mass is 10.3. The second-order valence-corrected chi connectivity index (χ2v) is 4.70. The lowest BCUT2D eigenvalue weighted by Crippen LogP contribution is -2.36. The van der Waals surface area contributed by atoms with Gasteiger partial charge in [0.25, 0.3) is 0 Å². The Morgan fingerprint density at radius 2 is 2.00 bits per heavy atom. The van der Waals surface area contributed by atoms with Crippen LogP contribution >= 0.6 is 11.6 Å². The van der Waals surface area contributed by atoms with Crippen molar-refractivity contribution in [1.82, 2.24) is 4.90 Å². The minimum Gasteiger partial charge on any atom is -0.495 e. The van der Waals surface area contributed by atoms with Gasteiger partial charge in [-0.3, -0.25) is 19.3 Å². The van der Waals surface area contributed by atoms with Crippen molar-refractivity contribution in [2.45, 2.75) is 12.8 Å². The molecule has 1 aliphatic rings. The van der Waals surface area contributed by atoms with Gasteiger partial charge in [-0.15, -0.1) is 0 Å². The highest BCUT2D eigenvalue weighted by Crippen LogP contribution is 2.27. The molecule has 106 valence electrons. The molecule has 3 amide bonds. The Bertz CT molecular complexity index is 557. The molecule has 1 aromatic rings. The van der Waals surface area contributed by atoms with E-state index in [4.69, 9.17) is 16.3 Å². The zero-order chi connectivity index (χ0) is 14.7. The number of benzene rings is 1. The van der Waals surface area contributed by atoms with Crippen LogP contribution in [0.2, 0.25) is 5.02 Å². The van der Waals surface area contributed by atoms with Gasteiger partial charge >= 0.3 is 0 Å². The molecule has 0 spiro atoms. The quantitative estimate of drug-likeness (QED) is 0.853. The predicted molar refractivity (Wildman–Crippen MR) is 72.6 cm³/mol. The van der Waals surface area contributed by atoms with E-state index in [1.807, 2.05) is 0 Å². The molecule has 1 heterocycles. The van der Waals surface area contributed by atoms with E-state index in [0.29, 0.717) is 16.5 Å². The van der Waals surface area contributed by atoms with Crippen molar-refractivity contribution in [3.05, 3.63) is 23.2 Å². The highest BCUT2D eigenvalue weighted by molar-refractivity contribution is 6.31. The van der Waals surface area contributed by atoms with Crippen molar-refractivity contribution in [2.24, 2.45) is 0 Å². The Morgan fingerprint density at radius 3 is 2.60 bits per heavy atom. The molecule has 7 heteroatoms. The first kappa shape index (κ1) is 14.3. The van der Waals surface area contributed by atoms with Gasteiger partial charge in [-0.05, 0) is 18.2 Å². The Kier molecular flexibility index (Phi) is 4.24. The van der Waals surface area contributed by atoms with Crippen LogP contribution in [0.4, 0.5) is 5.69 Å². The van der Waals surface area contributed by atoms with Gasteiger partial charge in [0.2, 0.25) is 17.7 Å². The zero-order valence-corrected chi connectivity index (χ0v) is 11.6. The number of amides is 3. The number of anilines is 1. The molecule has 0 aromatic heterocycles. The van der Waals surface area contributed by atoms with Crippen molar-refractivity contribution < 1.29 is 19.1 Å². The molecular weight excluding hydrogens is 284 g/mol. The number of nitrogens with one attached hydrogen (secondary N) is 1. The minimum atomic E-state index is -0.478. The maximum atomic E-state index is 11.9. The van der Waals surface area contributed by atoms with E-state index in [2.05, 4.69) is 5.32 Å². The van der Waals surface area contributed by atoms with Crippen LogP contribution in [0, 0.1) is 0 Å². The average Bonchev–Trinajstić information content (AvgIpc) is 2.71. The summed E-state index contributed by atoms with van der Waals surface area (Å²) in [6, 6.07) is 4.78. The normalized spacial score (nSPS) is 14.6. The second kappa shape index (κ2) is 5.92. The SMILES string of the molecule is COc1ccc(Cl)cc1NC(=O)CN1C(=O)CCC1=O. The number of carbonyl (C=O) groups is 3. The summed E-state index contributed by atoms with van der Waals surface area (Å²) in [5.41, 5.74) is 0.393. The summed E-state index contributed by atoms with van der Waals surface area (Å²) in [4.78, 5) is 35.7. The molecule has 6 nitrogen and oxygen atoms in total. The zero-order valence-electron chi connectivity index (χ0n) is 10.8. The molecule has 2 rings (SSSR count). The van der Waals surface area contributed by atoms with Crippen LogP contribution in [-0.4, -0.2) is 36.3 Å². The van der Waals surface area contributed by atoms with Gasteiger partial charge in [0.05, 0.1) is 12.8 Å². The molecule has 1 saturated heterocycles. The van der Waals surface area contributed by atoms with E-state index < -0.39 is 5.91 Å². The van der Waals surface area contributed by atoms with Crippen LogP contribution in [0.1, 0.15) is 12.8 Å². The largest absolute Gasteiger partial charge is 0.495 e. The van der Waals surface area contributed by atoms with E-state index in [9.17, 15) is 14.4 Å². The van der Waals surface area contributed by atoms with Crippen molar-refractivity contribution >= 4 is 35.0 Å². The Labute approximate surface area is 120 Å². The number of nitrogens with zero attached hydrogens (tertiary/aromatic N) is 1. The molecular formula is C13H13ClN2O4. The average molecular weight is 297 g/mol. The molecule has 0 aliphatic carbocycles. The maximum absolute atomic E-state index is 11.9. The fourth-order valence-corrected chi connectivity index (χ4v) is 2.08. The van der Waals surface area contributed by atoms with Crippen LogP contribution in [0.3, 0.4) is 0 Å². The number of hydrogen-bond acceptors (Lipinski definition) is 4. The molecule has 1 fully saturated rings. The van der Waals surface area contributed by atoms with Crippen molar-refractivity contribution in [2.75, 3.05) is 19.0 Å². The summed E-state index contributed by atoms with van der Waals surface area (Å²) >= 11 is 5.85. The molecule has 1 aliphatic heterocycles. The lowest BCUT2D eigenvalue weighted by Gasteiger charge is -2.15. The smallest absolute Gasteiger partial charge is 0.244 e. The van der Waals surface area contributed by atoms with Gasteiger partial charge in [-0.25, -0.2) is 0 Å². The third-order valence-corrected chi connectivity index (χ3v) is 3.13. The summed E-state index contributed by atoms with van der Waals surface area (Å²) < 4.78 is 5.09. The number of rotatable bonds is 4. The van der Waals surface area contributed by atoms with Crippen LogP contribution in [0.25, 0.3) is 0 Å². The number of carbonyl (C=O) groups excluding carboxylic acids is 3. The van der Waals surface area contributed by atoms with Gasteiger partial charge < -0.3 is 10.1 Å². The van der Waals surface area contributed by atoms with Crippen molar-refractivity contribution in [3.8, 4) is 5.75 Å². The molecule has 0 unspecified atom stereocenters. The lowest BCUT2D eigenvalue weighted by molar-refractivity contribution is -0.141. The van der Waals surface area contributed by atoms with Gasteiger partial charge in [0.15, 0.2) is 0 Å². The minimum absolute atomic E-state index is 0.159. The molecule has 0 atom stereocenters. The van der Waals surface area contributed by atoms with E-state index >= 15 is 0 Å². The number of methoxy groups -OCH3 is 1. The van der Waals surface area contributed by atoms with Gasteiger partial charge in [0, 0.05) is 17.9 Å². The second-order valence-electron chi connectivity index (χ2n) is 4.27. The fraction of sp³-hybridized carbons (Fsp3) is 0.308. The van der Waals surface area contributed by atoms with Crippen molar-refractivity contribution in [1.29, 1.82) is 0 Å². The summed E-state index contributed by atoms with van der Waals surface area (Å²) in [6.45, 7) is -0.298. The fourth-order valence-electron chi connectivity index (χ4n) is 1.91. The van der Waals surface area contributed by atoms with Gasteiger partial charge in [-0.1, -0.05) is 11.6 Å². The Balaban J connectivity index is 2.06. The van der Waals surface area contributed by atoms with Crippen LogP contribution in [0.15, 0.2) is 18.2 Å². The molecule has 20 heavy (non-hydrogen) atoms. The van der Waals surface area contributed by atoms with Gasteiger partial charge in [0.1, 0.15) is 12.3 Å². The van der Waals surface area contributed by atoms with Crippen LogP contribution in [-0.2, 0) is 14.4 Å². The van der Waals surface area contributed by atoms with E-state index in [-0.39, 0.29) is 31.2 Å². The van der Waals surface area contributed by atoms with E-state index in [0.717, 1.165) is 4.90 Å². The first-order valence-electron chi connectivity index (χ1n) is 5.98. The van der Waals surface area contributed by atoms with Crippen LogP contribution in [0.5, 0.6) is 5.75 Å². The first-order chi connectivity index (χ1) is 9.51. The number of imide groups is 1. The summed E-state index contributed by atoms with van der Waals surface area (Å²) in [7, 11) is 1.46. The van der Waals surface area contributed by atoms with Gasteiger partial charge in [-0.2, -0.15) is 0 Å². The standard InChI is InChI=1S/C13H13ClN2O4/c1-20-10-3-2-8(14)6-9(10)15-11(17)7-16-12(18)4-5-13(16)19/h2-3,6H,4-5,7H2,1H3,(H,15,17). The third kappa shape index (κ3) is 3.08. The monoisotopic (exact) mass is 296 g/mol. The predicted octanol–water partition coefficient (Wildman–Crippen LogP) is 1.44. The summed E-state index contributed by atoms with van der Waals surface area (Å²) in [6.07, 6.45) is 0.319. The molecule has 1 aromatic carbocycles. The third-order valence-electron chi connectivity index (χ3n) is 2.89. The Hall–Kier alpha value is -2.08. The molecule has 0 saturated carbocycles.